The second-order valence-corrected chi connectivity index (χ2v) is 22.6. The molecule has 0 atom stereocenters. The van der Waals surface area contributed by atoms with Crippen LogP contribution in [-0.4, -0.2) is 13.4 Å². The largest absolute Gasteiger partial charge is 0.311 e. The Bertz CT molecular complexity index is 4630. The number of anilines is 12. The Kier molecular flexibility index (Phi) is 10.2. The minimum absolute atomic E-state index is 0.0922. The van der Waals surface area contributed by atoms with Gasteiger partial charge in [0, 0.05) is 68.2 Å². The third-order valence-electron chi connectivity index (χ3n) is 18.3. The van der Waals surface area contributed by atoms with Crippen LogP contribution < -0.4 is 52.4 Å². The van der Waals surface area contributed by atoms with E-state index in [1.807, 2.05) is 0 Å². The summed E-state index contributed by atoms with van der Waals surface area (Å²) in [5, 5.41) is 7.78. The van der Waals surface area contributed by atoms with E-state index in [-0.39, 0.29) is 13.4 Å². The molecule has 18 rings (SSSR count). The fraction of sp³-hybridized carbons (Fsp3) is 0. The molecule has 0 saturated heterocycles. The SMILES string of the molecule is c1ccc(N(c2ccccc2)c2ccc3c(c2)N(c2ccccc2)c2cc4c5c6c2B3c2cccc3c(-c7cccc8ccccc78)c7cccc(c7c-6c23)B5c2ccc(N(c3ccccc3)c3ccccc3)cc2N4c2ccccc2)cc1. The molecule has 0 amide bonds. The van der Waals surface area contributed by atoms with E-state index < -0.39 is 0 Å². The molecule has 0 aliphatic carbocycles. The highest BCUT2D eigenvalue weighted by atomic mass is 15.2. The third-order valence-corrected chi connectivity index (χ3v) is 18.3. The molecular weight excluding hydrogens is 1010 g/mol. The van der Waals surface area contributed by atoms with E-state index in [0.717, 1.165) is 56.9 Å². The third kappa shape index (κ3) is 6.74. The average molecular weight is 1060 g/mol. The summed E-state index contributed by atoms with van der Waals surface area (Å²) in [5.74, 6) is 0. The van der Waals surface area contributed by atoms with Gasteiger partial charge in [0.25, 0.3) is 0 Å². The number of nitrogens with zero attached hydrogens (tertiary/aromatic N) is 4. The van der Waals surface area contributed by atoms with E-state index in [0.29, 0.717) is 0 Å². The van der Waals surface area contributed by atoms with Crippen LogP contribution in [0.4, 0.5) is 68.2 Å². The van der Waals surface area contributed by atoms with Crippen LogP contribution in [0.25, 0.3) is 54.6 Å². The van der Waals surface area contributed by atoms with Gasteiger partial charge in [-0.05, 0) is 180 Å². The van der Waals surface area contributed by atoms with Gasteiger partial charge in [0.1, 0.15) is 0 Å². The predicted octanol–water partition coefficient (Wildman–Crippen LogP) is 16.6. The Hall–Kier alpha value is -10.8. The van der Waals surface area contributed by atoms with Crippen LogP contribution in [0.5, 0.6) is 0 Å². The fourth-order valence-electron chi connectivity index (χ4n) is 15.1. The normalized spacial score (nSPS) is 12.9. The molecule has 0 aromatic heterocycles. The van der Waals surface area contributed by atoms with Crippen LogP contribution in [0.2, 0.25) is 0 Å². The number of hydrogen-bond donors (Lipinski definition) is 0. The van der Waals surface area contributed by atoms with Crippen molar-refractivity contribution in [2.24, 2.45) is 0 Å². The minimum Gasteiger partial charge on any atom is -0.311 e. The van der Waals surface area contributed by atoms with E-state index in [1.165, 1.54) is 98.7 Å². The van der Waals surface area contributed by atoms with Crippen molar-refractivity contribution in [2.45, 2.75) is 0 Å². The van der Waals surface area contributed by atoms with Crippen molar-refractivity contribution in [2.75, 3.05) is 19.6 Å². The van der Waals surface area contributed by atoms with Gasteiger partial charge >= 0.3 is 0 Å². The molecule has 388 valence electrons. The fourth-order valence-corrected chi connectivity index (χ4v) is 15.1. The summed E-state index contributed by atoms with van der Waals surface area (Å²) in [6, 6.07) is 113. The number of para-hydroxylation sites is 6. The van der Waals surface area contributed by atoms with Crippen molar-refractivity contribution >= 4 is 147 Å². The van der Waals surface area contributed by atoms with Gasteiger partial charge in [-0.3, -0.25) is 0 Å². The molecule has 84 heavy (non-hydrogen) atoms. The average Bonchev–Trinajstić information content (AvgIpc) is 0.749. The summed E-state index contributed by atoms with van der Waals surface area (Å²) >= 11 is 0. The maximum Gasteiger partial charge on any atom is 0.248 e. The molecule has 4 nitrogen and oxygen atoms in total. The summed E-state index contributed by atoms with van der Waals surface area (Å²) in [6.45, 7) is -0.184. The first-order chi connectivity index (χ1) is 41.7. The van der Waals surface area contributed by atoms with E-state index in [2.05, 4.69) is 323 Å². The van der Waals surface area contributed by atoms with Crippen molar-refractivity contribution in [1.82, 2.24) is 0 Å². The quantitative estimate of drug-likeness (QED) is 0.105. The van der Waals surface area contributed by atoms with Gasteiger partial charge in [-0.2, -0.15) is 0 Å². The molecule has 0 spiro atoms. The standard InChI is InChI=1S/C78H50B2N4/c1-7-26-52(27-8-1)81(53-28-9-2-10-29-53)58-44-46-64-68(48-58)83(56-34-15-5-16-35-56)70-50-71-78-76-75-73-62(40-22-42-66(73)79(64)77(70)76)72(61-39-21-25-51-24-19-20-38-60(51)61)63-41-23-43-67(74(63)75)80(78)65-47-45-59(49-69(65)84(71)57-36-17-6-18-37-57)82(54-30-11-3-12-31-54)55-32-13-4-14-33-55/h1-50H. The number of rotatable bonds is 9. The minimum atomic E-state index is -0.0922. The van der Waals surface area contributed by atoms with Crippen molar-refractivity contribution in [3.8, 4) is 22.3 Å². The Morgan fingerprint density at radius 2 is 0.631 bits per heavy atom. The van der Waals surface area contributed by atoms with Gasteiger partial charge in [0.05, 0.1) is 0 Å². The van der Waals surface area contributed by atoms with E-state index >= 15 is 0 Å². The van der Waals surface area contributed by atoms with Gasteiger partial charge in [-0.25, -0.2) is 0 Å². The van der Waals surface area contributed by atoms with Crippen LogP contribution in [0, 0.1) is 0 Å². The number of benzene rings is 14. The lowest BCUT2D eigenvalue weighted by molar-refractivity contribution is 1.24. The molecule has 14 aromatic carbocycles. The van der Waals surface area contributed by atoms with Crippen molar-refractivity contribution in [1.29, 1.82) is 0 Å². The Labute approximate surface area is 489 Å². The van der Waals surface area contributed by atoms with Crippen LogP contribution in [0.15, 0.2) is 303 Å². The molecule has 0 fully saturated rings. The first kappa shape index (κ1) is 46.9. The van der Waals surface area contributed by atoms with Crippen LogP contribution >= 0.6 is 0 Å². The summed E-state index contributed by atoms with van der Waals surface area (Å²) in [5.41, 5.74) is 26.8. The van der Waals surface area contributed by atoms with Gasteiger partial charge in [0.2, 0.25) is 13.4 Å². The highest BCUT2D eigenvalue weighted by molar-refractivity contribution is 7.05. The molecule has 0 bridgehead atoms. The molecule has 0 radical (unpaired) electrons. The van der Waals surface area contributed by atoms with Crippen molar-refractivity contribution in [3.63, 3.8) is 0 Å². The highest BCUT2D eigenvalue weighted by Gasteiger charge is 2.50. The lowest BCUT2D eigenvalue weighted by atomic mass is 9.26. The summed E-state index contributed by atoms with van der Waals surface area (Å²) in [6.07, 6.45) is 0. The maximum atomic E-state index is 2.60. The summed E-state index contributed by atoms with van der Waals surface area (Å²) < 4.78 is 0. The lowest BCUT2D eigenvalue weighted by Crippen LogP contribution is -2.66. The lowest BCUT2D eigenvalue weighted by Gasteiger charge is -2.47. The molecule has 6 heteroatoms. The van der Waals surface area contributed by atoms with E-state index in [9.17, 15) is 0 Å². The van der Waals surface area contributed by atoms with Gasteiger partial charge in [-0.15, -0.1) is 0 Å². The molecule has 0 saturated carbocycles. The first-order valence-electron chi connectivity index (χ1n) is 29.2. The summed E-state index contributed by atoms with van der Waals surface area (Å²) in [4.78, 5) is 10.0. The zero-order valence-corrected chi connectivity index (χ0v) is 45.8. The van der Waals surface area contributed by atoms with E-state index in [1.54, 1.807) is 0 Å². The topological polar surface area (TPSA) is 13.0 Å². The molecule has 4 aliphatic rings. The second-order valence-electron chi connectivity index (χ2n) is 22.6. The number of hydrogen-bond acceptors (Lipinski definition) is 4. The molecule has 0 unspecified atom stereocenters. The van der Waals surface area contributed by atoms with Gasteiger partial charge in [-0.1, -0.05) is 211 Å². The summed E-state index contributed by atoms with van der Waals surface area (Å²) in [7, 11) is 0. The van der Waals surface area contributed by atoms with Crippen LogP contribution in [0.1, 0.15) is 0 Å². The molecular formula is C78H50B2N4. The second kappa shape index (κ2) is 18.4. The Morgan fingerprint density at radius 3 is 1.08 bits per heavy atom. The van der Waals surface area contributed by atoms with Gasteiger partial charge in [0.15, 0.2) is 0 Å². The number of fused-ring (bicyclic) bond motifs is 7. The smallest absolute Gasteiger partial charge is 0.248 e. The zero-order valence-electron chi connectivity index (χ0n) is 45.8. The zero-order chi connectivity index (χ0) is 55.0. The molecule has 4 aliphatic heterocycles. The van der Waals surface area contributed by atoms with E-state index in [4.69, 9.17) is 0 Å². The maximum absolute atomic E-state index is 2.60. The van der Waals surface area contributed by atoms with Crippen molar-refractivity contribution < 1.29 is 0 Å². The molecule has 0 N–H and O–H groups in total. The first-order valence-corrected chi connectivity index (χ1v) is 29.2. The monoisotopic (exact) mass is 1060 g/mol. The molecule has 14 aromatic rings. The van der Waals surface area contributed by atoms with Crippen LogP contribution in [-0.2, 0) is 0 Å². The molecule has 4 heterocycles. The van der Waals surface area contributed by atoms with Gasteiger partial charge < -0.3 is 19.6 Å². The predicted molar refractivity (Wildman–Crippen MR) is 358 cm³/mol. The Morgan fingerprint density at radius 1 is 0.250 bits per heavy atom. The Balaban J connectivity index is 1.00. The van der Waals surface area contributed by atoms with Crippen LogP contribution in [0.3, 0.4) is 0 Å². The highest BCUT2D eigenvalue weighted by Crippen LogP contribution is 2.53. The van der Waals surface area contributed by atoms with Crippen molar-refractivity contribution in [3.05, 3.63) is 303 Å².